The fourth-order valence-electron chi connectivity index (χ4n) is 13.2. The summed E-state index contributed by atoms with van der Waals surface area (Å²) in [6.07, 6.45) is -7.06. The molecule has 9 N–H and O–H groups in total. The van der Waals surface area contributed by atoms with Gasteiger partial charge in [-0.25, -0.2) is 0 Å². The van der Waals surface area contributed by atoms with E-state index in [9.17, 15) is 46.0 Å². The summed E-state index contributed by atoms with van der Waals surface area (Å²) in [4.78, 5) is 0. The summed E-state index contributed by atoms with van der Waals surface area (Å²) in [7, 11) is 0. The summed E-state index contributed by atoms with van der Waals surface area (Å²) in [5.41, 5.74) is -1.30. The van der Waals surface area contributed by atoms with Crippen LogP contribution in [0.3, 0.4) is 0 Å². The van der Waals surface area contributed by atoms with Crippen LogP contribution in [0.1, 0.15) is 107 Å². The van der Waals surface area contributed by atoms with E-state index in [1.54, 1.807) is 0 Å². The fourth-order valence-corrected chi connectivity index (χ4v) is 13.2. The Bertz CT molecular complexity index is 1360. The lowest BCUT2D eigenvalue weighted by atomic mass is 9.34. The number of hydrogen-bond donors (Lipinski definition) is 9. The van der Waals surface area contributed by atoms with E-state index < -0.39 is 91.2 Å². The van der Waals surface area contributed by atoms with E-state index in [0.29, 0.717) is 32.1 Å². The quantitative estimate of drug-likeness (QED) is 0.145. The van der Waals surface area contributed by atoms with Crippen molar-refractivity contribution in [1.29, 1.82) is 0 Å². The molecule has 13 nitrogen and oxygen atoms in total. The third-order valence-corrected chi connectivity index (χ3v) is 16.2. The minimum Gasteiger partial charge on any atom is -0.394 e. The summed E-state index contributed by atoms with van der Waals surface area (Å²) >= 11 is 0. The Labute approximate surface area is 320 Å². The highest BCUT2D eigenvalue weighted by Crippen LogP contribution is 2.76. The standard InChI is InChI=1S/C41H70O13/c1-20(2)10-9-13-41(8,54-36-33(50)31(48)30(47)25(53-36)19-51-35-32(49)29(46)24(18-42)52-35)21-11-15-39(6)28(21)22(43)16-26-38(5)14-12-27(45)37(3,4)34(38)23(44)17-40(26,39)7/h10,21-36,42-50H,9,11-19H2,1-8H3/t21-,22+,23-,24+,25+,26+,27-,28-,29-,30+,31-,32-,33+,34-,35-,36-,38+,39+,40+,41-/m0/s1. The van der Waals surface area contributed by atoms with E-state index in [1.807, 2.05) is 20.8 Å². The Morgan fingerprint density at radius 2 is 1.41 bits per heavy atom. The molecule has 2 aliphatic heterocycles. The second-order valence-electron chi connectivity index (χ2n) is 19.8. The zero-order valence-electron chi connectivity index (χ0n) is 33.5. The second-order valence-corrected chi connectivity index (χ2v) is 19.8. The lowest BCUT2D eigenvalue weighted by molar-refractivity contribution is -0.341. The first-order valence-electron chi connectivity index (χ1n) is 20.4. The summed E-state index contributed by atoms with van der Waals surface area (Å²) < 4.78 is 24.1. The summed E-state index contributed by atoms with van der Waals surface area (Å²) in [6.45, 7) is 16.1. The van der Waals surface area contributed by atoms with Crippen molar-refractivity contribution in [2.24, 2.45) is 45.3 Å². The molecule has 0 aromatic heterocycles. The van der Waals surface area contributed by atoms with Crippen molar-refractivity contribution in [3.63, 3.8) is 0 Å². The maximum atomic E-state index is 12.4. The van der Waals surface area contributed by atoms with Crippen LogP contribution in [0, 0.1) is 45.3 Å². The van der Waals surface area contributed by atoms with Gasteiger partial charge in [-0.15, -0.1) is 0 Å². The van der Waals surface area contributed by atoms with Crippen molar-refractivity contribution in [3.8, 4) is 0 Å². The highest BCUT2D eigenvalue weighted by Gasteiger charge is 2.73. The minimum absolute atomic E-state index is 0.109. The van der Waals surface area contributed by atoms with Crippen LogP contribution in [-0.2, 0) is 18.9 Å². The first-order chi connectivity index (χ1) is 25.1. The molecule has 20 atom stereocenters. The van der Waals surface area contributed by atoms with Gasteiger partial charge in [-0.1, -0.05) is 46.3 Å². The molecule has 2 saturated heterocycles. The van der Waals surface area contributed by atoms with Crippen molar-refractivity contribution < 1.29 is 64.9 Å². The zero-order chi connectivity index (χ0) is 39.9. The normalized spacial score (nSPS) is 52.5. The van der Waals surface area contributed by atoms with Crippen molar-refractivity contribution in [3.05, 3.63) is 11.6 Å². The number of hydrogen-bond acceptors (Lipinski definition) is 13. The molecule has 4 saturated carbocycles. The molecule has 6 aliphatic rings. The number of rotatable bonds is 10. The number of aliphatic hydroxyl groups excluding tert-OH is 9. The van der Waals surface area contributed by atoms with E-state index in [2.05, 4.69) is 40.7 Å². The molecule has 0 amide bonds. The van der Waals surface area contributed by atoms with Crippen LogP contribution in [0.15, 0.2) is 11.6 Å². The first kappa shape index (κ1) is 42.8. The molecule has 13 heteroatoms. The van der Waals surface area contributed by atoms with E-state index in [-0.39, 0.29) is 46.5 Å². The van der Waals surface area contributed by atoms with Crippen LogP contribution in [0.5, 0.6) is 0 Å². The number of ether oxygens (including phenoxy) is 4. The number of aliphatic hydroxyl groups is 9. The fraction of sp³-hybridized carbons (Fsp3) is 0.951. The van der Waals surface area contributed by atoms with Crippen molar-refractivity contribution >= 4 is 0 Å². The van der Waals surface area contributed by atoms with Gasteiger partial charge in [-0.3, -0.25) is 0 Å². The van der Waals surface area contributed by atoms with Crippen molar-refractivity contribution in [2.45, 2.75) is 186 Å². The van der Waals surface area contributed by atoms with Crippen LogP contribution in [0.2, 0.25) is 0 Å². The number of allylic oxidation sites excluding steroid dienone is 2. The van der Waals surface area contributed by atoms with Gasteiger partial charge in [0.25, 0.3) is 0 Å². The Kier molecular flexibility index (Phi) is 12.0. The van der Waals surface area contributed by atoms with Gasteiger partial charge >= 0.3 is 0 Å². The molecular formula is C41H70O13. The van der Waals surface area contributed by atoms with E-state index in [1.165, 1.54) is 0 Å². The summed E-state index contributed by atoms with van der Waals surface area (Å²) in [5, 5.41) is 98.8. The van der Waals surface area contributed by atoms with Gasteiger partial charge in [0.2, 0.25) is 0 Å². The van der Waals surface area contributed by atoms with Gasteiger partial charge in [0, 0.05) is 0 Å². The molecule has 0 unspecified atom stereocenters. The molecule has 0 aromatic rings. The second kappa shape index (κ2) is 15.1. The van der Waals surface area contributed by atoms with Crippen LogP contribution in [-0.4, -0.2) is 138 Å². The van der Waals surface area contributed by atoms with Gasteiger partial charge in [0.05, 0.1) is 37.1 Å². The molecule has 6 rings (SSSR count). The average Bonchev–Trinajstić information content (AvgIpc) is 3.61. The minimum atomic E-state index is -1.66. The molecule has 2 heterocycles. The highest BCUT2D eigenvalue weighted by molar-refractivity contribution is 5.22. The molecule has 0 radical (unpaired) electrons. The van der Waals surface area contributed by atoms with Gasteiger partial charge in [-0.2, -0.15) is 0 Å². The van der Waals surface area contributed by atoms with E-state index in [0.717, 1.165) is 24.8 Å². The van der Waals surface area contributed by atoms with Crippen molar-refractivity contribution in [2.75, 3.05) is 13.2 Å². The summed E-state index contributed by atoms with van der Waals surface area (Å²) in [6, 6.07) is 0. The first-order valence-corrected chi connectivity index (χ1v) is 20.4. The van der Waals surface area contributed by atoms with Crippen molar-refractivity contribution in [1.82, 2.24) is 0 Å². The lowest BCUT2D eigenvalue weighted by Gasteiger charge is -2.71. The predicted molar refractivity (Wildman–Crippen MR) is 196 cm³/mol. The molecule has 54 heavy (non-hydrogen) atoms. The number of fused-ring (bicyclic) bond motifs is 5. The molecule has 312 valence electrons. The average molecular weight is 771 g/mol. The molecule has 0 aromatic carbocycles. The SMILES string of the molecule is CC(C)=CCC[C@](C)(O[C@@H]1O[C@H](CO[C@H]2O[C@H](CO)[C@H](O)[C@@H]2O)[C@@H](O)[C@H](O)[C@H]1O)[C@H]1CC[C@]2(C)[C@@H]1[C@H](O)C[C@@H]1[C@@]3(C)CC[C@H](O)C(C)(C)[C@@H]3[C@@H](O)C[C@]12C. The van der Waals surface area contributed by atoms with Crippen LogP contribution in [0.25, 0.3) is 0 Å². The molecular weight excluding hydrogens is 700 g/mol. The maximum Gasteiger partial charge on any atom is 0.187 e. The summed E-state index contributed by atoms with van der Waals surface area (Å²) in [5.74, 6) is -0.397. The Morgan fingerprint density at radius 1 is 0.778 bits per heavy atom. The predicted octanol–water partition coefficient (Wildman–Crippen LogP) is 1.76. The van der Waals surface area contributed by atoms with Gasteiger partial charge < -0.3 is 64.9 Å². The van der Waals surface area contributed by atoms with Gasteiger partial charge in [0.1, 0.15) is 42.7 Å². The largest absolute Gasteiger partial charge is 0.394 e. The van der Waals surface area contributed by atoms with Crippen LogP contribution < -0.4 is 0 Å². The van der Waals surface area contributed by atoms with E-state index in [4.69, 9.17) is 18.9 Å². The molecule has 0 bridgehead atoms. The maximum absolute atomic E-state index is 12.4. The molecule has 4 aliphatic carbocycles. The Morgan fingerprint density at radius 3 is 2.04 bits per heavy atom. The highest BCUT2D eigenvalue weighted by atomic mass is 16.7. The monoisotopic (exact) mass is 770 g/mol. The molecule has 0 spiro atoms. The van der Waals surface area contributed by atoms with Gasteiger partial charge in [0.15, 0.2) is 12.6 Å². The van der Waals surface area contributed by atoms with E-state index >= 15 is 0 Å². The van der Waals surface area contributed by atoms with Crippen LogP contribution in [0.4, 0.5) is 0 Å². The zero-order valence-corrected chi connectivity index (χ0v) is 33.5. The third kappa shape index (κ3) is 6.76. The smallest absolute Gasteiger partial charge is 0.187 e. The Hall–Kier alpha value is -0.780. The lowest BCUT2D eigenvalue weighted by Crippen LogP contribution is -2.70. The van der Waals surface area contributed by atoms with Gasteiger partial charge in [-0.05, 0) is 117 Å². The third-order valence-electron chi connectivity index (χ3n) is 16.2. The molecule has 6 fully saturated rings. The topological polar surface area (TPSA) is 219 Å². The Balaban J connectivity index is 1.28. The van der Waals surface area contributed by atoms with Crippen LogP contribution >= 0.6 is 0 Å².